The fourth-order valence-corrected chi connectivity index (χ4v) is 6.93. The topological polar surface area (TPSA) is 269 Å². The van der Waals surface area contributed by atoms with Gasteiger partial charge in [-0.1, -0.05) is 95.0 Å². The predicted octanol–water partition coefficient (Wildman–Crippen LogP) is -4.16. The van der Waals surface area contributed by atoms with E-state index in [1.165, 1.54) is 0 Å². The Bertz CT molecular complexity index is 1220. The van der Waals surface area contributed by atoms with Crippen LogP contribution >= 0.6 is 15.6 Å². The van der Waals surface area contributed by atoms with Gasteiger partial charge in [0.1, 0.15) is 48.8 Å². The van der Waals surface area contributed by atoms with Crippen LogP contribution < -0.4 is 69.1 Å². The second kappa shape index (κ2) is 30.5. The van der Waals surface area contributed by atoms with Crippen molar-refractivity contribution in [1.82, 2.24) is 0 Å². The summed E-state index contributed by atoms with van der Waals surface area (Å²) in [5.41, 5.74) is 0.900. The van der Waals surface area contributed by atoms with Crippen molar-refractivity contribution in [1.29, 1.82) is 0 Å². The van der Waals surface area contributed by atoms with Crippen LogP contribution in [0.2, 0.25) is 0 Å². The number of aliphatic imine (C=N–C) groups is 1. The largest absolute Gasteiger partial charge is 1.00 e. The molecule has 2 unspecified atom stereocenters. The monoisotopic (exact) mass is 831 g/mol. The minimum Gasteiger partial charge on any atom is -0.756 e. The first kappa shape index (κ1) is 54.5. The van der Waals surface area contributed by atoms with Crippen LogP contribution in [0.4, 0.5) is 0 Å². The summed E-state index contributed by atoms with van der Waals surface area (Å²) in [6, 6.07) is 9.38. The van der Waals surface area contributed by atoms with Gasteiger partial charge in [-0.3, -0.25) is 18.6 Å². The molecule has 54 heavy (non-hydrogen) atoms. The quantitative estimate of drug-likeness (QED) is 0.0154. The van der Waals surface area contributed by atoms with Crippen molar-refractivity contribution in [2.45, 2.75) is 133 Å². The minimum atomic E-state index is -5.55. The standard InChI is InChI=1S/C33H59NO16P2.2Na/c1-2-3-4-5-10-16-21-46-26(23-45-20-15-9-7-6-8-14-19-34-33(39)47-22-25-17-12-11-13-18-25)24-48-52(43,44)50-32-29(37)27(35)28(36)31(30(32)38)49-51(40,41)42;;/h11-13,17-18,26-32,35-38H,2-10,14-16,19-24H2,1H3,(H,34,39)(H,43,44)(H2,40,41,42);;/q;2*+1/p-2/t26-,27+,28+,29-,30-,31-,32+;;/m1../s1. The van der Waals surface area contributed by atoms with Crippen LogP contribution in [-0.2, 0) is 43.5 Å². The Balaban J connectivity index is 0.0000140. The second-order valence-corrected chi connectivity index (χ2v) is 15.3. The number of hydrogen-bond acceptors (Lipinski definition) is 15. The molecule has 0 aliphatic heterocycles. The van der Waals surface area contributed by atoms with Crippen molar-refractivity contribution in [2.75, 3.05) is 33.0 Å². The Kier molecular flexibility index (Phi) is 30.8. The van der Waals surface area contributed by atoms with Gasteiger partial charge in [-0.2, -0.15) is 0 Å². The van der Waals surface area contributed by atoms with Crippen molar-refractivity contribution in [3.63, 3.8) is 0 Å². The van der Waals surface area contributed by atoms with E-state index >= 15 is 0 Å². The minimum absolute atomic E-state index is 0. The van der Waals surface area contributed by atoms with E-state index in [0.29, 0.717) is 19.8 Å². The molecule has 0 aromatic heterocycles. The third-order valence-corrected chi connectivity index (χ3v) is 9.77. The molecule has 0 heterocycles. The Labute approximate surface area is 362 Å². The number of benzene rings is 1. The number of nitrogens with zero attached hydrogens (tertiary/aromatic N) is 1. The summed E-state index contributed by atoms with van der Waals surface area (Å²) in [6.45, 7) is 2.96. The van der Waals surface area contributed by atoms with Crippen LogP contribution in [0.3, 0.4) is 0 Å². The van der Waals surface area contributed by atoms with E-state index in [2.05, 4.69) is 16.4 Å². The number of aliphatic hydroxyl groups excluding tert-OH is 4. The van der Waals surface area contributed by atoms with Gasteiger partial charge in [0.25, 0.3) is 7.82 Å². The average Bonchev–Trinajstić information content (AvgIpc) is 3.10. The zero-order valence-corrected chi connectivity index (χ0v) is 37.6. The van der Waals surface area contributed by atoms with Crippen LogP contribution in [0.5, 0.6) is 0 Å². The van der Waals surface area contributed by atoms with Crippen molar-refractivity contribution in [3.05, 3.63) is 35.9 Å². The van der Waals surface area contributed by atoms with E-state index in [9.17, 15) is 44.4 Å². The summed E-state index contributed by atoms with van der Waals surface area (Å²) >= 11 is 0. The van der Waals surface area contributed by atoms with E-state index in [0.717, 1.165) is 82.6 Å². The number of unbranched alkanes of at least 4 members (excludes halogenated alkanes) is 10. The van der Waals surface area contributed by atoms with Gasteiger partial charge in [-0.15, -0.1) is 0 Å². The first-order valence-electron chi connectivity index (χ1n) is 17.9. The molecule has 0 amide bonds. The molecule has 0 radical (unpaired) electrons. The van der Waals surface area contributed by atoms with E-state index < -0.39 is 71.1 Å². The van der Waals surface area contributed by atoms with Gasteiger partial charge in [0.2, 0.25) is 0 Å². The van der Waals surface area contributed by atoms with E-state index in [1.54, 1.807) is 0 Å². The SMILES string of the molecule is CCCCCCCCO[C@H](COCCCCCCCCN=C([O-])OCc1ccccc1)COP(=O)(O)O[C@@H]1[C@H](O)[C@H](OP(=O)([O-])O)[C@@H](O)[C@H](O)[C@H]1O.[Na+].[Na+]. The Morgan fingerprint density at radius 2 is 1.31 bits per heavy atom. The third-order valence-electron chi connectivity index (χ3n) is 8.28. The van der Waals surface area contributed by atoms with Crippen LogP contribution in [0.15, 0.2) is 35.3 Å². The molecule has 6 N–H and O–H groups in total. The summed E-state index contributed by atoms with van der Waals surface area (Å²) in [6.07, 6.45) is -3.24. The van der Waals surface area contributed by atoms with E-state index in [-0.39, 0.29) is 72.3 Å². The van der Waals surface area contributed by atoms with Gasteiger partial charge in [0, 0.05) is 26.4 Å². The first-order chi connectivity index (χ1) is 24.7. The molecule has 1 aromatic carbocycles. The number of phosphoric ester groups is 2. The number of ether oxygens (including phenoxy) is 3. The molecule has 2 rings (SSSR count). The maximum Gasteiger partial charge on any atom is 1.00 e. The first-order valence-corrected chi connectivity index (χ1v) is 20.9. The average molecular weight is 832 g/mol. The second-order valence-electron chi connectivity index (χ2n) is 12.7. The van der Waals surface area contributed by atoms with Crippen LogP contribution in [-0.4, -0.2) is 112 Å². The zero-order valence-electron chi connectivity index (χ0n) is 31.8. The molecule has 9 atom stereocenters. The molecule has 0 bridgehead atoms. The number of hydrogen-bond donors (Lipinski definition) is 6. The summed E-state index contributed by atoms with van der Waals surface area (Å²) < 4.78 is 54.9. The Morgan fingerprint density at radius 3 is 1.93 bits per heavy atom. The van der Waals surface area contributed by atoms with E-state index in [1.807, 2.05) is 30.3 Å². The molecule has 1 aromatic rings. The van der Waals surface area contributed by atoms with Gasteiger partial charge in [-0.25, -0.2) is 4.57 Å². The van der Waals surface area contributed by atoms with Crippen LogP contribution in [0, 0.1) is 0 Å². The molecule has 302 valence electrons. The normalized spacial score (nSPS) is 24.4. The van der Waals surface area contributed by atoms with Gasteiger partial charge < -0.3 is 58.9 Å². The fraction of sp³-hybridized carbons (Fsp3) is 0.788. The maximum absolute atomic E-state index is 12.8. The van der Waals surface area contributed by atoms with Gasteiger partial charge in [0.15, 0.2) is 0 Å². The van der Waals surface area contributed by atoms with Crippen molar-refractivity contribution in [2.24, 2.45) is 4.99 Å². The van der Waals surface area contributed by atoms with Crippen LogP contribution in [0.25, 0.3) is 0 Å². The smallest absolute Gasteiger partial charge is 0.756 e. The molecule has 1 fully saturated rings. The molecule has 21 heteroatoms. The third kappa shape index (κ3) is 23.8. The van der Waals surface area contributed by atoms with Gasteiger partial charge in [-0.05, 0) is 24.8 Å². The predicted molar refractivity (Wildman–Crippen MR) is 185 cm³/mol. The van der Waals surface area contributed by atoms with Crippen LogP contribution in [0.1, 0.15) is 89.5 Å². The molecular weight excluding hydrogens is 774 g/mol. The summed E-state index contributed by atoms with van der Waals surface area (Å²) in [4.78, 5) is 34.5. The van der Waals surface area contributed by atoms with Crippen molar-refractivity contribution < 1.29 is 136 Å². The molecule has 17 nitrogen and oxygen atoms in total. The summed E-state index contributed by atoms with van der Waals surface area (Å²) in [5.74, 6) is 0. The van der Waals surface area contributed by atoms with Gasteiger partial charge >= 0.3 is 66.9 Å². The molecule has 0 spiro atoms. The summed E-state index contributed by atoms with van der Waals surface area (Å²) in [5, 5.41) is 52.6. The zero-order chi connectivity index (χ0) is 38.4. The number of rotatable bonds is 28. The Hall–Kier alpha value is 0.470. The Morgan fingerprint density at radius 1 is 0.759 bits per heavy atom. The van der Waals surface area contributed by atoms with E-state index in [4.69, 9.17) is 28.2 Å². The molecule has 1 saturated carbocycles. The molecule has 1 aliphatic carbocycles. The maximum atomic E-state index is 12.8. The number of aliphatic hydroxyl groups is 4. The van der Waals surface area contributed by atoms with Crippen molar-refractivity contribution >= 4 is 21.7 Å². The summed E-state index contributed by atoms with van der Waals surface area (Å²) in [7, 11) is -10.7. The number of phosphoric acid groups is 2. The van der Waals surface area contributed by atoms with Gasteiger partial charge in [0.05, 0.1) is 13.2 Å². The van der Waals surface area contributed by atoms with Crippen molar-refractivity contribution in [3.8, 4) is 0 Å². The molecular formula is C33H57NNa2O16P2. The molecule has 1 aliphatic rings. The fourth-order valence-electron chi connectivity index (χ4n) is 5.40. The molecule has 0 saturated heterocycles.